The summed E-state index contributed by atoms with van der Waals surface area (Å²) in [6.45, 7) is 3.61. The van der Waals surface area contributed by atoms with Crippen LogP contribution in [0, 0.1) is 13.8 Å². The van der Waals surface area contributed by atoms with Crippen LogP contribution in [0.15, 0.2) is 48.5 Å². The number of aryl methyl sites for hydroxylation is 2. The SMILES string of the molecule is Cc1ccc(C(=O)OCC2O[C@@H](Cl)[C@H](O)[C@@H]2OC(=O)c2ccc(C)cc2)cc1. The highest BCUT2D eigenvalue weighted by Gasteiger charge is 2.46. The van der Waals surface area contributed by atoms with Crippen LogP contribution in [0.4, 0.5) is 0 Å². The normalized spacial score (nSPS) is 24.0. The molecule has 0 aromatic heterocycles. The van der Waals surface area contributed by atoms with Crippen LogP contribution in [0.5, 0.6) is 0 Å². The second kappa shape index (κ2) is 8.73. The number of hydrogen-bond acceptors (Lipinski definition) is 6. The van der Waals surface area contributed by atoms with Crippen molar-refractivity contribution in [3.05, 3.63) is 70.8 Å². The Labute approximate surface area is 168 Å². The Hall–Kier alpha value is -2.41. The summed E-state index contributed by atoms with van der Waals surface area (Å²) < 4.78 is 16.1. The third-order valence-corrected chi connectivity index (χ3v) is 4.83. The van der Waals surface area contributed by atoms with Crippen LogP contribution in [-0.2, 0) is 14.2 Å². The molecular formula is C21H21ClO6. The molecule has 7 heteroatoms. The number of ether oxygens (including phenoxy) is 3. The maximum Gasteiger partial charge on any atom is 0.338 e. The van der Waals surface area contributed by atoms with Gasteiger partial charge in [0.25, 0.3) is 0 Å². The molecule has 0 radical (unpaired) electrons. The maximum atomic E-state index is 12.4. The topological polar surface area (TPSA) is 82.1 Å². The number of halogens is 1. The first-order chi connectivity index (χ1) is 13.3. The van der Waals surface area contributed by atoms with Gasteiger partial charge in [-0.05, 0) is 38.1 Å². The fourth-order valence-electron chi connectivity index (χ4n) is 2.79. The van der Waals surface area contributed by atoms with E-state index in [4.69, 9.17) is 25.8 Å². The molecule has 6 nitrogen and oxygen atoms in total. The summed E-state index contributed by atoms with van der Waals surface area (Å²) in [4.78, 5) is 24.5. The van der Waals surface area contributed by atoms with Gasteiger partial charge in [-0.2, -0.15) is 0 Å². The number of benzene rings is 2. The number of hydrogen-bond donors (Lipinski definition) is 1. The van der Waals surface area contributed by atoms with E-state index in [-0.39, 0.29) is 6.61 Å². The molecule has 0 bridgehead atoms. The van der Waals surface area contributed by atoms with Crippen LogP contribution >= 0.6 is 11.6 Å². The fourth-order valence-corrected chi connectivity index (χ4v) is 3.06. The van der Waals surface area contributed by atoms with E-state index in [1.807, 2.05) is 13.8 Å². The van der Waals surface area contributed by atoms with Crippen molar-refractivity contribution in [2.24, 2.45) is 0 Å². The molecule has 2 aromatic rings. The van der Waals surface area contributed by atoms with Gasteiger partial charge >= 0.3 is 11.9 Å². The zero-order valence-corrected chi connectivity index (χ0v) is 16.3. The van der Waals surface area contributed by atoms with Crippen molar-refractivity contribution < 1.29 is 28.9 Å². The van der Waals surface area contributed by atoms with Gasteiger partial charge in [-0.25, -0.2) is 9.59 Å². The van der Waals surface area contributed by atoms with Crippen molar-refractivity contribution in [3.8, 4) is 0 Å². The van der Waals surface area contributed by atoms with E-state index in [9.17, 15) is 14.7 Å². The second-order valence-corrected chi connectivity index (χ2v) is 7.15. The predicted molar refractivity (Wildman–Crippen MR) is 102 cm³/mol. The van der Waals surface area contributed by atoms with Gasteiger partial charge in [0, 0.05) is 0 Å². The second-order valence-electron chi connectivity index (χ2n) is 6.72. The van der Waals surface area contributed by atoms with Gasteiger partial charge in [0.05, 0.1) is 11.1 Å². The molecule has 1 aliphatic rings. The van der Waals surface area contributed by atoms with Crippen molar-refractivity contribution in [2.75, 3.05) is 6.61 Å². The molecule has 0 spiro atoms. The third kappa shape index (κ3) is 4.70. The fraction of sp³-hybridized carbons (Fsp3) is 0.333. The zero-order valence-electron chi connectivity index (χ0n) is 15.5. The third-order valence-electron chi connectivity index (χ3n) is 4.47. The number of aliphatic hydroxyl groups excluding tert-OH is 1. The largest absolute Gasteiger partial charge is 0.459 e. The summed E-state index contributed by atoms with van der Waals surface area (Å²) in [6.07, 6.45) is -3.16. The van der Waals surface area contributed by atoms with Gasteiger partial charge in [0.2, 0.25) is 0 Å². The Morgan fingerprint density at radius 1 is 0.964 bits per heavy atom. The number of carbonyl (C=O) groups is 2. The molecule has 148 valence electrons. The molecule has 0 amide bonds. The maximum absolute atomic E-state index is 12.4. The number of alkyl halides is 1. The summed E-state index contributed by atoms with van der Waals surface area (Å²) in [5.41, 5.74) is 1.68. The predicted octanol–water partition coefficient (Wildman–Crippen LogP) is 3.01. The molecule has 0 aliphatic carbocycles. The lowest BCUT2D eigenvalue weighted by Gasteiger charge is -2.20. The van der Waals surface area contributed by atoms with Gasteiger partial charge < -0.3 is 19.3 Å². The summed E-state index contributed by atoms with van der Waals surface area (Å²) >= 11 is 5.95. The van der Waals surface area contributed by atoms with Crippen LogP contribution in [0.3, 0.4) is 0 Å². The molecule has 1 saturated heterocycles. The highest BCUT2D eigenvalue weighted by Crippen LogP contribution is 2.28. The van der Waals surface area contributed by atoms with Crippen molar-refractivity contribution >= 4 is 23.5 Å². The Bertz CT molecular complexity index is 833. The Balaban J connectivity index is 1.63. The van der Waals surface area contributed by atoms with Gasteiger partial charge in [0.1, 0.15) is 18.8 Å². The van der Waals surface area contributed by atoms with Gasteiger partial charge in [0.15, 0.2) is 11.7 Å². The first-order valence-corrected chi connectivity index (χ1v) is 9.28. The Kier molecular flexibility index (Phi) is 6.34. The van der Waals surface area contributed by atoms with E-state index in [0.717, 1.165) is 11.1 Å². The highest BCUT2D eigenvalue weighted by molar-refractivity contribution is 6.20. The lowest BCUT2D eigenvalue weighted by molar-refractivity contribution is -0.0392. The molecule has 4 atom stereocenters. The first-order valence-electron chi connectivity index (χ1n) is 8.84. The molecular weight excluding hydrogens is 384 g/mol. The van der Waals surface area contributed by atoms with Gasteiger partial charge in [-0.1, -0.05) is 47.0 Å². The van der Waals surface area contributed by atoms with E-state index < -0.39 is 35.8 Å². The number of aliphatic hydroxyl groups is 1. The van der Waals surface area contributed by atoms with Crippen molar-refractivity contribution in [3.63, 3.8) is 0 Å². The highest BCUT2D eigenvalue weighted by atomic mass is 35.5. The van der Waals surface area contributed by atoms with E-state index in [0.29, 0.717) is 11.1 Å². The lowest BCUT2D eigenvalue weighted by atomic mass is 10.1. The molecule has 2 aromatic carbocycles. The standard InChI is InChI=1S/C21H21ClO6/c1-12-3-7-14(8-4-12)20(24)26-11-16-18(17(23)19(22)27-16)28-21(25)15-9-5-13(2)6-10-15/h3-10,16-19,23H,11H2,1-2H3/t16?,17-,18-,19-/m1/s1. The first kappa shape index (κ1) is 20.3. The number of rotatable bonds is 5. The van der Waals surface area contributed by atoms with Crippen LogP contribution in [-0.4, -0.2) is 47.5 Å². The summed E-state index contributed by atoms with van der Waals surface area (Å²) in [5.74, 6) is -1.16. The lowest BCUT2D eigenvalue weighted by Crippen LogP contribution is -2.38. The molecule has 0 saturated carbocycles. The van der Waals surface area contributed by atoms with Crippen LogP contribution < -0.4 is 0 Å². The molecule has 1 heterocycles. The van der Waals surface area contributed by atoms with E-state index in [1.54, 1.807) is 48.5 Å². The molecule has 1 aliphatic heterocycles. The van der Waals surface area contributed by atoms with Gasteiger partial charge in [-0.3, -0.25) is 0 Å². The summed E-state index contributed by atoms with van der Waals surface area (Å²) in [5, 5.41) is 10.2. The summed E-state index contributed by atoms with van der Waals surface area (Å²) in [7, 11) is 0. The van der Waals surface area contributed by atoms with E-state index in [1.165, 1.54) is 0 Å². The Morgan fingerprint density at radius 2 is 1.46 bits per heavy atom. The molecule has 1 fully saturated rings. The average Bonchev–Trinajstić information content (AvgIpc) is 2.95. The minimum absolute atomic E-state index is 0.209. The van der Waals surface area contributed by atoms with Crippen molar-refractivity contribution in [1.29, 1.82) is 0 Å². The molecule has 3 rings (SSSR count). The minimum atomic E-state index is -1.24. The van der Waals surface area contributed by atoms with Crippen LogP contribution in [0.1, 0.15) is 31.8 Å². The average molecular weight is 405 g/mol. The smallest absolute Gasteiger partial charge is 0.338 e. The zero-order chi connectivity index (χ0) is 20.3. The van der Waals surface area contributed by atoms with Crippen molar-refractivity contribution in [2.45, 2.75) is 37.7 Å². The molecule has 1 unspecified atom stereocenters. The monoisotopic (exact) mass is 404 g/mol. The van der Waals surface area contributed by atoms with Crippen molar-refractivity contribution in [1.82, 2.24) is 0 Å². The van der Waals surface area contributed by atoms with Crippen LogP contribution in [0.2, 0.25) is 0 Å². The number of carbonyl (C=O) groups excluding carboxylic acids is 2. The molecule has 28 heavy (non-hydrogen) atoms. The Morgan fingerprint density at radius 3 is 2.00 bits per heavy atom. The van der Waals surface area contributed by atoms with E-state index in [2.05, 4.69) is 0 Å². The van der Waals surface area contributed by atoms with E-state index >= 15 is 0 Å². The van der Waals surface area contributed by atoms with Gasteiger partial charge in [-0.15, -0.1) is 0 Å². The summed E-state index contributed by atoms with van der Waals surface area (Å²) in [6, 6.07) is 13.7. The minimum Gasteiger partial charge on any atom is -0.459 e. The quantitative estimate of drug-likeness (QED) is 0.609. The molecule has 1 N–H and O–H groups in total. The number of esters is 2. The van der Waals surface area contributed by atoms with Crippen LogP contribution in [0.25, 0.3) is 0 Å².